The Morgan fingerprint density at radius 1 is 1.20 bits per heavy atom. The monoisotopic (exact) mass is 202 g/mol. The molecule has 0 heterocycles. The lowest BCUT2D eigenvalue weighted by molar-refractivity contribution is -0.136. The molecule has 1 aromatic carbocycles. The first kappa shape index (κ1) is 9.97. The highest BCUT2D eigenvalue weighted by Crippen LogP contribution is 2.01. The summed E-state index contributed by atoms with van der Waals surface area (Å²) in [5.41, 5.74) is 1.11. The van der Waals surface area contributed by atoms with E-state index in [1.807, 2.05) is 6.07 Å². The van der Waals surface area contributed by atoms with E-state index >= 15 is 0 Å². The van der Waals surface area contributed by atoms with Gasteiger partial charge in [-0.25, -0.2) is 0 Å². The van der Waals surface area contributed by atoms with Crippen LogP contribution in [0.2, 0.25) is 0 Å². The molecule has 0 bridgehead atoms. The SMILES string of the molecule is O=C(O)CCc1ccc2c(c1)=CCCC=2. The molecular formula is C13H14O2. The third-order valence-corrected chi connectivity index (χ3v) is 2.67. The fraction of sp³-hybridized carbons (Fsp3) is 0.308. The minimum atomic E-state index is -0.733. The molecule has 0 amide bonds. The molecule has 0 atom stereocenters. The summed E-state index contributed by atoms with van der Waals surface area (Å²) in [5.74, 6) is -0.733. The van der Waals surface area contributed by atoms with Crippen LogP contribution in [0.1, 0.15) is 24.8 Å². The summed E-state index contributed by atoms with van der Waals surface area (Å²) < 4.78 is 0. The number of carboxylic acid groups (broad SMARTS) is 1. The zero-order valence-corrected chi connectivity index (χ0v) is 8.57. The van der Waals surface area contributed by atoms with Crippen molar-refractivity contribution < 1.29 is 9.90 Å². The summed E-state index contributed by atoms with van der Waals surface area (Å²) in [7, 11) is 0. The fourth-order valence-electron chi connectivity index (χ4n) is 1.87. The van der Waals surface area contributed by atoms with E-state index in [-0.39, 0.29) is 6.42 Å². The minimum absolute atomic E-state index is 0.211. The van der Waals surface area contributed by atoms with Crippen molar-refractivity contribution in [3.63, 3.8) is 0 Å². The second-order valence-electron chi connectivity index (χ2n) is 3.84. The number of carboxylic acids is 1. The van der Waals surface area contributed by atoms with Gasteiger partial charge in [-0.2, -0.15) is 0 Å². The van der Waals surface area contributed by atoms with Crippen molar-refractivity contribution in [3.05, 3.63) is 34.2 Å². The van der Waals surface area contributed by atoms with Crippen LogP contribution in [0.4, 0.5) is 0 Å². The molecule has 0 fully saturated rings. The number of benzene rings is 1. The van der Waals surface area contributed by atoms with Gasteiger partial charge in [0.05, 0.1) is 0 Å². The Bertz CT molecular complexity index is 486. The summed E-state index contributed by atoms with van der Waals surface area (Å²) in [6, 6.07) is 6.22. The lowest BCUT2D eigenvalue weighted by Crippen LogP contribution is -2.26. The molecule has 1 aromatic rings. The lowest BCUT2D eigenvalue weighted by Gasteiger charge is -2.03. The van der Waals surface area contributed by atoms with Gasteiger partial charge in [0.1, 0.15) is 0 Å². The summed E-state index contributed by atoms with van der Waals surface area (Å²) in [4.78, 5) is 10.4. The van der Waals surface area contributed by atoms with Gasteiger partial charge in [-0.3, -0.25) is 4.79 Å². The Morgan fingerprint density at radius 2 is 1.93 bits per heavy atom. The van der Waals surface area contributed by atoms with Crippen molar-refractivity contribution in [2.75, 3.05) is 0 Å². The average Bonchev–Trinajstić information content (AvgIpc) is 2.26. The Kier molecular flexibility index (Phi) is 2.86. The first-order chi connectivity index (χ1) is 7.25. The van der Waals surface area contributed by atoms with E-state index in [9.17, 15) is 4.79 Å². The highest BCUT2D eigenvalue weighted by atomic mass is 16.4. The minimum Gasteiger partial charge on any atom is -0.481 e. The van der Waals surface area contributed by atoms with Crippen molar-refractivity contribution in [2.45, 2.75) is 25.7 Å². The number of hydrogen-bond acceptors (Lipinski definition) is 1. The van der Waals surface area contributed by atoms with Gasteiger partial charge in [-0.1, -0.05) is 30.4 Å². The Balaban J connectivity index is 2.26. The van der Waals surface area contributed by atoms with E-state index in [0.717, 1.165) is 18.4 Å². The van der Waals surface area contributed by atoms with Gasteiger partial charge < -0.3 is 5.11 Å². The van der Waals surface area contributed by atoms with Crippen molar-refractivity contribution in [1.29, 1.82) is 0 Å². The van der Waals surface area contributed by atoms with E-state index in [4.69, 9.17) is 5.11 Å². The van der Waals surface area contributed by atoms with Gasteiger partial charge in [0.15, 0.2) is 0 Å². The van der Waals surface area contributed by atoms with Gasteiger partial charge in [0.25, 0.3) is 0 Å². The van der Waals surface area contributed by atoms with Crippen LogP contribution in [0.15, 0.2) is 18.2 Å². The smallest absolute Gasteiger partial charge is 0.303 e. The number of hydrogen-bond donors (Lipinski definition) is 1. The molecule has 2 heteroatoms. The zero-order valence-electron chi connectivity index (χ0n) is 8.57. The van der Waals surface area contributed by atoms with E-state index in [2.05, 4.69) is 24.3 Å². The maximum atomic E-state index is 10.4. The molecule has 1 aliphatic carbocycles. The van der Waals surface area contributed by atoms with Crippen molar-refractivity contribution >= 4 is 18.1 Å². The Labute approximate surface area is 88.6 Å². The Morgan fingerprint density at radius 3 is 2.67 bits per heavy atom. The molecule has 2 rings (SSSR count). The largest absolute Gasteiger partial charge is 0.481 e. The van der Waals surface area contributed by atoms with Crippen molar-refractivity contribution in [3.8, 4) is 0 Å². The number of aliphatic carboxylic acids is 1. The fourth-order valence-corrected chi connectivity index (χ4v) is 1.87. The van der Waals surface area contributed by atoms with Crippen LogP contribution < -0.4 is 10.4 Å². The van der Waals surface area contributed by atoms with E-state index in [1.54, 1.807) is 0 Å². The summed E-state index contributed by atoms with van der Waals surface area (Å²) in [6.07, 6.45) is 7.49. The highest BCUT2D eigenvalue weighted by Gasteiger charge is 2.00. The van der Waals surface area contributed by atoms with E-state index in [0.29, 0.717) is 6.42 Å². The number of aryl methyl sites for hydroxylation is 1. The number of rotatable bonds is 3. The van der Waals surface area contributed by atoms with Gasteiger partial charge in [0, 0.05) is 6.42 Å². The zero-order chi connectivity index (χ0) is 10.7. The average molecular weight is 202 g/mol. The second-order valence-corrected chi connectivity index (χ2v) is 3.84. The first-order valence-electron chi connectivity index (χ1n) is 5.27. The van der Waals surface area contributed by atoms with Crippen LogP contribution >= 0.6 is 0 Å². The molecule has 0 aromatic heterocycles. The lowest BCUT2D eigenvalue weighted by atomic mass is 10.0. The van der Waals surface area contributed by atoms with E-state index < -0.39 is 5.97 Å². The van der Waals surface area contributed by atoms with Crippen LogP contribution in [0.3, 0.4) is 0 Å². The predicted molar refractivity (Wildman–Crippen MR) is 59.8 cm³/mol. The molecule has 0 aliphatic heterocycles. The molecule has 1 N–H and O–H groups in total. The van der Waals surface area contributed by atoms with Crippen LogP contribution in [-0.2, 0) is 11.2 Å². The molecule has 15 heavy (non-hydrogen) atoms. The molecule has 2 nitrogen and oxygen atoms in total. The molecule has 0 saturated carbocycles. The third-order valence-electron chi connectivity index (χ3n) is 2.67. The van der Waals surface area contributed by atoms with Crippen LogP contribution in [0, 0.1) is 0 Å². The molecular weight excluding hydrogens is 188 g/mol. The van der Waals surface area contributed by atoms with Gasteiger partial charge >= 0.3 is 5.97 Å². The predicted octanol–water partition coefficient (Wildman–Crippen LogP) is 1.06. The van der Waals surface area contributed by atoms with Crippen LogP contribution in [-0.4, -0.2) is 11.1 Å². The molecule has 1 aliphatic rings. The summed E-state index contributed by atoms with van der Waals surface area (Å²) >= 11 is 0. The molecule has 0 radical (unpaired) electrons. The van der Waals surface area contributed by atoms with Gasteiger partial charge in [0.2, 0.25) is 0 Å². The van der Waals surface area contributed by atoms with Gasteiger partial charge in [-0.15, -0.1) is 0 Å². The molecule has 78 valence electrons. The van der Waals surface area contributed by atoms with Crippen LogP contribution in [0.25, 0.3) is 12.2 Å². The van der Waals surface area contributed by atoms with E-state index in [1.165, 1.54) is 10.4 Å². The third kappa shape index (κ3) is 2.46. The van der Waals surface area contributed by atoms with Crippen molar-refractivity contribution in [2.24, 2.45) is 0 Å². The Hall–Kier alpha value is -1.57. The molecule has 0 saturated heterocycles. The first-order valence-corrected chi connectivity index (χ1v) is 5.27. The van der Waals surface area contributed by atoms with Crippen molar-refractivity contribution in [1.82, 2.24) is 0 Å². The number of fused-ring (bicyclic) bond motifs is 1. The standard InChI is InChI=1S/C13H14O2/c14-13(15)8-6-10-5-7-11-3-1-2-4-12(11)9-10/h3-5,7,9H,1-2,6,8H2,(H,14,15). The van der Waals surface area contributed by atoms with Gasteiger partial charge in [-0.05, 0) is 35.3 Å². The second kappa shape index (κ2) is 4.30. The highest BCUT2D eigenvalue weighted by molar-refractivity contribution is 5.67. The number of carbonyl (C=O) groups is 1. The maximum absolute atomic E-state index is 10.4. The molecule has 0 unspecified atom stereocenters. The quantitative estimate of drug-likeness (QED) is 0.795. The normalized spacial score (nSPS) is 13.6. The molecule has 0 spiro atoms. The summed E-state index contributed by atoms with van der Waals surface area (Å²) in [6.45, 7) is 0. The van der Waals surface area contributed by atoms with Crippen LogP contribution in [0.5, 0.6) is 0 Å². The maximum Gasteiger partial charge on any atom is 0.303 e. The summed E-state index contributed by atoms with van der Waals surface area (Å²) in [5, 5.41) is 11.1. The topological polar surface area (TPSA) is 37.3 Å².